The Kier molecular flexibility index (Phi) is 8.23. The maximum Gasteiger partial charge on any atom is 0.256 e. The molecule has 4 aliphatic rings. The second-order valence-electron chi connectivity index (χ2n) is 12.7. The van der Waals surface area contributed by atoms with E-state index in [1.807, 2.05) is 6.08 Å². The summed E-state index contributed by atoms with van der Waals surface area (Å²) in [5.74, 6) is 0.781. The van der Waals surface area contributed by atoms with Gasteiger partial charge in [0.25, 0.3) is 10.0 Å². The second-order valence-corrected chi connectivity index (χ2v) is 14.8. The Labute approximate surface area is 267 Å². The molecule has 3 aromatic rings. The van der Waals surface area contributed by atoms with E-state index in [1.165, 1.54) is 12.4 Å². The SMILES string of the molecule is CN1CCC(Oc2cnc(C3=CNC(N)(c4ccnc(-c5cnn(S(=O)(=O)C6CC6)c5)n4)C=C3NC3CCC(F)CC3)cn2)CC1. The van der Waals surface area contributed by atoms with Crippen LogP contribution in [0.4, 0.5) is 4.39 Å². The minimum Gasteiger partial charge on any atom is -0.473 e. The van der Waals surface area contributed by atoms with Crippen molar-refractivity contribution in [1.82, 2.24) is 44.7 Å². The van der Waals surface area contributed by atoms with Crippen LogP contribution in [0.1, 0.15) is 62.8 Å². The molecule has 15 heteroatoms. The van der Waals surface area contributed by atoms with Crippen LogP contribution in [0.5, 0.6) is 5.88 Å². The van der Waals surface area contributed by atoms with Gasteiger partial charge in [-0.15, -0.1) is 0 Å². The van der Waals surface area contributed by atoms with Crippen molar-refractivity contribution in [2.45, 2.75) is 80.6 Å². The zero-order valence-electron chi connectivity index (χ0n) is 25.7. The lowest BCUT2D eigenvalue weighted by Crippen LogP contribution is -2.50. The van der Waals surface area contributed by atoms with Crippen LogP contribution in [0, 0.1) is 0 Å². The van der Waals surface area contributed by atoms with Gasteiger partial charge in [-0.3, -0.25) is 0 Å². The third-order valence-corrected chi connectivity index (χ3v) is 11.1. The summed E-state index contributed by atoms with van der Waals surface area (Å²) in [7, 11) is -1.41. The summed E-state index contributed by atoms with van der Waals surface area (Å²) in [6.45, 7) is 1.97. The number of rotatable bonds is 9. The monoisotopic (exact) mass is 650 g/mol. The number of piperidine rings is 1. The van der Waals surface area contributed by atoms with Gasteiger partial charge in [-0.1, -0.05) is 0 Å². The van der Waals surface area contributed by atoms with E-state index < -0.39 is 27.1 Å². The smallest absolute Gasteiger partial charge is 0.256 e. The fourth-order valence-corrected chi connectivity index (χ4v) is 7.58. The van der Waals surface area contributed by atoms with Crippen molar-refractivity contribution >= 4 is 15.6 Å². The maximum absolute atomic E-state index is 14.0. The van der Waals surface area contributed by atoms with Crippen LogP contribution in [-0.2, 0) is 15.7 Å². The number of nitrogens with one attached hydrogen (secondary N) is 2. The van der Waals surface area contributed by atoms with E-state index in [2.05, 4.69) is 42.6 Å². The summed E-state index contributed by atoms with van der Waals surface area (Å²) < 4.78 is 46.4. The normalized spacial score (nSPS) is 26.2. The Balaban J connectivity index is 1.14. The quantitative estimate of drug-likeness (QED) is 0.310. The number of nitrogens with zero attached hydrogens (tertiary/aromatic N) is 7. The van der Waals surface area contributed by atoms with Crippen LogP contribution in [0.15, 0.2) is 55.0 Å². The molecule has 3 fully saturated rings. The number of ether oxygens (including phenoxy) is 1. The van der Waals surface area contributed by atoms with Gasteiger partial charge in [0, 0.05) is 42.8 Å². The molecule has 1 atom stereocenters. The van der Waals surface area contributed by atoms with Gasteiger partial charge in [0.15, 0.2) is 11.5 Å². The van der Waals surface area contributed by atoms with Crippen molar-refractivity contribution in [2.24, 2.45) is 5.73 Å². The summed E-state index contributed by atoms with van der Waals surface area (Å²) >= 11 is 0. The third kappa shape index (κ3) is 6.48. The van der Waals surface area contributed by atoms with Crippen LogP contribution < -0.4 is 21.1 Å². The Morgan fingerprint density at radius 2 is 1.83 bits per heavy atom. The molecule has 2 saturated carbocycles. The van der Waals surface area contributed by atoms with Gasteiger partial charge in [0.2, 0.25) is 5.88 Å². The van der Waals surface area contributed by atoms with Crippen molar-refractivity contribution in [3.8, 4) is 17.3 Å². The van der Waals surface area contributed by atoms with Crippen molar-refractivity contribution in [2.75, 3.05) is 20.1 Å². The minimum absolute atomic E-state index is 0.0595. The fraction of sp³-hybridized carbons (Fsp3) is 0.516. The van der Waals surface area contributed by atoms with Gasteiger partial charge in [-0.2, -0.15) is 9.19 Å². The molecule has 13 nitrogen and oxygen atoms in total. The molecule has 0 radical (unpaired) electrons. The van der Waals surface area contributed by atoms with Gasteiger partial charge in [0.05, 0.1) is 47.0 Å². The topological polar surface area (TPSA) is 166 Å². The summed E-state index contributed by atoms with van der Waals surface area (Å²) in [5.41, 5.74) is 8.73. The predicted molar refractivity (Wildman–Crippen MR) is 169 cm³/mol. The molecule has 5 heterocycles. The summed E-state index contributed by atoms with van der Waals surface area (Å²) in [6, 6.07) is 1.77. The average Bonchev–Trinajstić information content (AvgIpc) is 3.81. The second kappa shape index (κ2) is 12.3. The molecule has 3 aromatic heterocycles. The molecule has 46 heavy (non-hydrogen) atoms. The van der Waals surface area contributed by atoms with Gasteiger partial charge in [-0.05, 0) is 70.6 Å². The molecular weight excluding hydrogens is 611 g/mol. The Morgan fingerprint density at radius 3 is 2.54 bits per heavy atom. The van der Waals surface area contributed by atoms with Gasteiger partial charge < -0.3 is 26.0 Å². The molecule has 2 aliphatic heterocycles. The molecule has 2 aliphatic carbocycles. The van der Waals surface area contributed by atoms with Crippen molar-refractivity contribution < 1.29 is 17.5 Å². The molecule has 7 rings (SSSR count). The number of likely N-dealkylation sites (tertiary alicyclic amines) is 1. The highest BCUT2D eigenvalue weighted by Crippen LogP contribution is 2.33. The third-order valence-electron chi connectivity index (χ3n) is 9.10. The minimum atomic E-state index is -3.52. The van der Waals surface area contributed by atoms with Gasteiger partial charge in [0.1, 0.15) is 12.3 Å². The highest BCUT2D eigenvalue weighted by Gasteiger charge is 2.38. The molecule has 1 saturated heterocycles. The first-order valence-corrected chi connectivity index (χ1v) is 17.4. The number of hydrogen-bond acceptors (Lipinski definition) is 12. The molecule has 0 amide bonds. The number of allylic oxidation sites excluding steroid dienone is 1. The molecule has 4 N–H and O–H groups in total. The highest BCUT2D eigenvalue weighted by molar-refractivity contribution is 7.90. The fourth-order valence-electron chi connectivity index (χ4n) is 6.11. The highest BCUT2D eigenvalue weighted by atomic mass is 32.2. The van der Waals surface area contributed by atoms with E-state index in [0.29, 0.717) is 67.2 Å². The van der Waals surface area contributed by atoms with Crippen LogP contribution in [-0.4, -0.2) is 86.1 Å². The summed E-state index contributed by atoms with van der Waals surface area (Å²) in [5, 5.41) is 10.6. The van der Waals surface area contributed by atoms with Crippen LogP contribution in [0.3, 0.4) is 0 Å². The summed E-state index contributed by atoms with van der Waals surface area (Å²) in [6.07, 6.45) is 16.3. The van der Waals surface area contributed by atoms with E-state index in [-0.39, 0.29) is 12.1 Å². The van der Waals surface area contributed by atoms with Gasteiger partial charge >= 0.3 is 0 Å². The van der Waals surface area contributed by atoms with E-state index >= 15 is 0 Å². The zero-order chi connectivity index (χ0) is 31.9. The average molecular weight is 651 g/mol. The zero-order valence-corrected chi connectivity index (χ0v) is 26.5. The van der Waals surface area contributed by atoms with Crippen molar-refractivity contribution in [1.29, 1.82) is 0 Å². The number of halogens is 1. The Hall–Kier alpha value is -3.95. The molecule has 0 spiro atoms. The number of nitrogens with two attached hydrogens (primary N) is 1. The van der Waals surface area contributed by atoms with Gasteiger partial charge in [-0.25, -0.2) is 32.7 Å². The van der Waals surface area contributed by atoms with E-state index in [1.54, 1.807) is 30.9 Å². The lowest BCUT2D eigenvalue weighted by molar-refractivity contribution is 0.109. The largest absolute Gasteiger partial charge is 0.473 e. The Bertz CT molecular complexity index is 1730. The lowest BCUT2D eigenvalue weighted by Gasteiger charge is -2.35. The predicted octanol–water partition coefficient (Wildman–Crippen LogP) is 2.45. The molecule has 0 aromatic carbocycles. The van der Waals surface area contributed by atoms with E-state index in [9.17, 15) is 12.8 Å². The number of alkyl halides is 1. The first kappa shape index (κ1) is 30.7. The van der Waals surface area contributed by atoms with Crippen molar-refractivity contribution in [3.63, 3.8) is 0 Å². The summed E-state index contributed by atoms with van der Waals surface area (Å²) in [4.78, 5) is 20.6. The van der Waals surface area contributed by atoms with Crippen LogP contribution >= 0.6 is 0 Å². The standard InChI is InChI=1S/C31H39FN10O3S/c1-41-12-9-23(10-13-41)45-29-18-35-27(17-36-29)25-16-37-31(33,14-26(25)39-22-4-2-21(32)3-5-22)28-8-11-34-30(40-28)20-15-38-42(19-20)46(43,44)24-6-7-24/h8,11,14-19,21-24,37,39H,2-7,9-10,12-13,33H2,1H3. The molecular formula is C31H39FN10O3S. The van der Waals surface area contributed by atoms with Crippen molar-refractivity contribution in [3.05, 3.63) is 66.4 Å². The molecule has 244 valence electrons. The van der Waals surface area contributed by atoms with Crippen LogP contribution in [0.25, 0.3) is 17.0 Å². The van der Waals surface area contributed by atoms with E-state index in [0.717, 1.165) is 41.3 Å². The Morgan fingerprint density at radius 1 is 1.04 bits per heavy atom. The maximum atomic E-state index is 14.0. The number of hydrogen-bond donors (Lipinski definition) is 3. The van der Waals surface area contributed by atoms with Crippen LogP contribution in [0.2, 0.25) is 0 Å². The number of dihydropyridines is 1. The lowest BCUT2D eigenvalue weighted by atomic mass is 9.91. The molecule has 1 unspecified atom stereocenters. The van der Waals surface area contributed by atoms with E-state index in [4.69, 9.17) is 15.5 Å². The molecule has 0 bridgehead atoms. The first-order valence-electron chi connectivity index (χ1n) is 15.9. The first-order chi connectivity index (χ1) is 22.2. The number of aromatic nitrogens is 6.